The molecule has 0 saturated carbocycles. The maximum absolute atomic E-state index is 13.3. The largest absolute Gasteiger partial charge is 0.466 e. The van der Waals surface area contributed by atoms with E-state index in [1.807, 2.05) is 0 Å². The molecule has 0 saturated heterocycles. The first-order valence-electron chi connectivity index (χ1n) is 7.34. The highest BCUT2D eigenvalue weighted by atomic mass is 19.1. The van der Waals surface area contributed by atoms with Gasteiger partial charge in [-0.25, -0.2) is 14.4 Å². The van der Waals surface area contributed by atoms with Gasteiger partial charge in [-0.05, 0) is 25.1 Å². The molecule has 2 aromatic heterocycles. The normalized spacial score (nSPS) is 10.6. The quantitative estimate of drug-likeness (QED) is 0.671. The summed E-state index contributed by atoms with van der Waals surface area (Å²) in [4.78, 5) is 23.7. The number of hydrogen-bond acceptors (Lipinski definition) is 6. The van der Waals surface area contributed by atoms with Crippen molar-refractivity contribution >= 4 is 16.9 Å². The molecule has 24 heavy (non-hydrogen) atoms. The summed E-state index contributed by atoms with van der Waals surface area (Å²) in [6.45, 7) is 2.05. The van der Waals surface area contributed by atoms with Crippen LogP contribution in [0, 0.1) is 5.82 Å². The Labute approximate surface area is 137 Å². The standard InChI is InChI=1S/C17H14FN3O3/c1-2-23-17(22)8-16-20-9-12(10-21-16)24-15-5-6-19-14-7-11(18)3-4-13(14)15/h3-7,9-10H,2,8H2,1H3. The summed E-state index contributed by atoms with van der Waals surface area (Å²) >= 11 is 0. The second kappa shape index (κ2) is 6.99. The van der Waals surface area contributed by atoms with E-state index in [9.17, 15) is 9.18 Å². The Balaban J connectivity index is 1.78. The monoisotopic (exact) mass is 327 g/mol. The van der Waals surface area contributed by atoms with Crippen LogP contribution in [0.15, 0.2) is 42.9 Å². The maximum Gasteiger partial charge on any atom is 0.313 e. The number of rotatable bonds is 5. The van der Waals surface area contributed by atoms with Gasteiger partial charge in [0.1, 0.15) is 23.8 Å². The molecule has 0 spiro atoms. The first-order valence-corrected chi connectivity index (χ1v) is 7.34. The maximum atomic E-state index is 13.3. The van der Waals surface area contributed by atoms with Crippen molar-refractivity contribution in [1.29, 1.82) is 0 Å². The molecule has 0 fully saturated rings. The summed E-state index contributed by atoms with van der Waals surface area (Å²) in [6.07, 6.45) is 4.48. The molecule has 0 radical (unpaired) electrons. The molecule has 0 aliphatic rings. The van der Waals surface area contributed by atoms with Crippen LogP contribution in [-0.4, -0.2) is 27.5 Å². The molecule has 2 heterocycles. The zero-order chi connectivity index (χ0) is 16.9. The second-order valence-electron chi connectivity index (χ2n) is 4.89. The van der Waals surface area contributed by atoms with Gasteiger partial charge >= 0.3 is 5.97 Å². The zero-order valence-corrected chi connectivity index (χ0v) is 12.9. The first-order chi connectivity index (χ1) is 11.7. The van der Waals surface area contributed by atoms with Crippen LogP contribution >= 0.6 is 0 Å². The number of carbonyl (C=O) groups is 1. The lowest BCUT2D eigenvalue weighted by Gasteiger charge is -2.08. The number of aromatic nitrogens is 3. The van der Waals surface area contributed by atoms with E-state index in [2.05, 4.69) is 15.0 Å². The van der Waals surface area contributed by atoms with E-state index in [1.54, 1.807) is 19.1 Å². The Morgan fingerprint density at radius 1 is 1.17 bits per heavy atom. The van der Waals surface area contributed by atoms with Crippen molar-refractivity contribution < 1.29 is 18.7 Å². The number of esters is 1. The van der Waals surface area contributed by atoms with E-state index in [1.165, 1.54) is 30.7 Å². The van der Waals surface area contributed by atoms with Crippen molar-refractivity contribution in [2.24, 2.45) is 0 Å². The van der Waals surface area contributed by atoms with Crippen molar-refractivity contribution in [2.75, 3.05) is 6.61 Å². The number of nitrogens with zero attached hydrogens (tertiary/aromatic N) is 3. The fourth-order valence-electron chi connectivity index (χ4n) is 2.14. The Morgan fingerprint density at radius 2 is 1.96 bits per heavy atom. The third-order valence-corrected chi connectivity index (χ3v) is 3.18. The Kier molecular flexibility index (Phi) is 4.60. The molecule has 3 aromatic rings. The van der Waals surface area contributed by atoms with E-state index in [0.717, 1.165) is 0 Å². The molecule has 0 aliphatic carbocycles. The molecule has 7 heteroatoms. The van der Waals surface area contributed by atoms with Crippen molar-refractivity contribution in [3.63, 3.8) is 0 Å². The van der Waals surface area contributed by atoms with Crippen molar-refractivity contribution in [3.05, 3.63) is 54.5 Å². The summed E-state index contributed by atoms with van der Waals surface area (Å²) in [5.74, 6) is 0.524. The molecular formula is C17H14FN3O3. The smallest absolute Gasteiger partial charge is 0.313 e. The lowest BCUT2D eigenvalue weighted by Crippen LogP contribution is -2.10. The van der Waals surface area contributed by atoms with Gasteiger partial charge in [-0.15, -0.1) is 0 Å². The predicted octanol–water partition coefficient (Wildman–Crippen LogP) is 3.06. The van der Waals surface area contributed by atoms with Crippen molar-refractivity contribution in [3.8, 4) is 11.5 Å². The highest BCUT2D eigenvalue weighted by molar-refractivity contribution is 5.85. The van der Waals surface area contributed by atoms with Crippen LogP contribution in [0.2, 0.25) is 0 Å². The second-order valence-corrected chi connectivity index (χ2v) is 4.89. The molecule has 0 amide bonds. The van der Waals surface area contributed by atoms with Gasteiger partial charge in [-0.2, -0.15) is 0 Å². The minimum absolute atomic E-state index is 0.00554. The number of pyridine rings is 1. The van der Waals surface area contributed by atoms with Crippen LogP contribution in [0.4, 0.5) is 4.39 Å². The molecular weight excluding hydrogens is 313 g/mol. The van der Waals surface area contributed by atoms with Gasteiger partial charge in [-0.3, -0.25) is 9.78 Å². The molecule has 0 unspecified atom stereocenters. The average Bonchev–Trinajstić information content (AvgIpc) is 2.57. The third kappa shape index (κ3) is 3.62. The number of hydrogen-bond donors (Lipinski definition) is 0. The van der Waals surface area contributed by atoms with E-state index in [4.69, 9.17) is 9.47 Å². The molecule has 1 aromatic carbocycles. The van der Waals surface area contributed by atoms with E-state index in [-0.39, 0.29) is 18.2 Å². The minimum Gasteiger partial charge on any atom is -0.466 e. The van der Waals surface area contributed by atoms with Gasteiger partial charge in [0.25, 0.3) is 0 Å². The van der Waals surface area contributed by atoms with Crippen LogP contribution in [0.1, 0.15) is 12.7 Å². The van der Waals surface area contributed by atoms with Crippen LogP contribution in [0.3, 0.4) is 0 Å². The summed E-state index contributed by atoms with van der Waals surface area (Å²) in [5.41, 5.74) is 0.493. The van der Waals surface area contributed by atoms with Gasteiger partial charge in [0, 0.05) is 17.6 Å². The zero-order valence-electron chi connectivity index (χ0n) is 12.9. The Morgan fingerprint density at radius 3 is 2.71 bits per heavy atom. The molecule has 3 rings (SSSR count). The van der Waals surface area contributed by atoms with E-state index >= 15 is 0 Å². The van der Waals surface area contributed by atoms with Gasteiger partial charge in [-0.1, -0.05) is 0 Å². The molecule has 0 atom stereocenters. The van der Waals surface area contributed by atoms with Gasteiger partial charge in [0.15, 0.2) is 5.75 Å². The predicted molar refractivity (Wildman–Crippen MR) is 84.1 cm³/mol. The lowest BCUT2D eigenvalue weighted by molar-refractivity contribution is -0.142. The molecule has 0 N–H and O–H groups in total. The molecule has 0 bridgehead atoms. The molecule has 0 aliphatic heterocycles. The molecule has 122 valence electrons. The van der Waals surface area contributed by atoms with Crippen LogP contribution in [-0.2, 0) is 16.0 Å². The van der Waals surface area contributed by atoms with Crippen LogP contribution < -0.4 is 4.74 Å². The highest BCUT2D eigenvalue weighted by Gasteiger charge is 2.09. The van der Waals surface area contributed by atoms with Gasteiger partial charge < -0.3 is 9.47 Å². The lowest BCUT2D eigenvalue weighted by atomic mass is 10.2. The highest BCUT2D eigenvalue weighted by Crippen LogP contribution is 2.28. The summed E-state index contributed by atoms with van der Waals surface area (Å²) in [7, 11) is 0. The summed E-state index contributed by atoms with van der Waals surface area (Å²) in [5, 5.41) is 0.675. The van der Waals surface area contributed by atoms with E-state index < -0.39 is 0 Å². The van der Waals surface area contributed by atoms with Crippen LogP contribution in [0.5, 0.6) is 11.5 Å². The molecule has 6 nitrogen and oxygen atoms in total. The minimum atomic E-state index is -0.381. The van der Waals surface area contributed by atoms with Gasteiger partial charge in [0.05, 0.1) is 24.5 Å². The number of fused-ring (bicyclic) bond motifs is 1. The SMILES string of the molecule is CCOC(=O)Cc1ncc(Oc2ccnc3cc(F)ccc23)cn1. The number of carbonyl (C=O) groups excluding carboxylic acids is 1. The number of ether oxygens (including phenoxy) is 2. The fourth-order valence-corrected chi connectivity index (χ4v) is 2.14. The van der Waals surface area contributed by atoms with Crippen molar-refractivity contribution in [2.45, 2.75) is 13.3 Å². The fraction of sp³-hybridized carbons (Fsp3) is 0.176. The number of halogens is 1. The Hall–Kier alpha value is -3.09. The topological polar surface area (TPSA) is 74.2 Å². The first kappa shape index (κ1) is 15.8. The van der Waals surface area contributed by atoms with Crippen LogP contribution in [0.25, 0.3) is 10.9 Å². The average molecular weight is 327 g/mol. The Bertz CT molecular complexity index is 869. The van der Waals surface area contributed by atoms with Crippen molar-refractivity contribution in [1.82, 2.24) is 15.0 Å². The van der Waals surface area contributed by atoms with E-state index in [0.29, 0.717) is 34.8 Å². The van der Waals surface area contributed by atoms with Gasteiger partial charge in [0.2, 0.25) is 0 Å². The number of benzene rings is 1. The third-order valence-electron chi connectivity index (χ3n) is 3.18. The summed E-state index contributed by atoms with van der Waals surface area (Å²) in [6, 6.07) is 5.95. The summed E-state index contributed by atoms with van der Waals surface area (Å²) < 4.78 is 23.8.